The number of nitrogens with zero attached hydrogens (tertiary/aromatic N) is 1. The number of fused-ring (bicyclic) bond motifs is 1. The van der Waals surface area contributed by atoms with Gasteiger partial charge in [-0.15, -0.1) is 0 Å². The Morgan fingerprint density at radius 1 is 1.20 bits per heavy atom. The second kappa shape index (κ2) is 5.05. The van der Waals surface area contributed by atoms with Gasteiger partial charge in [0.2, 0.25) is 0 Å². The molecule has 0 amide bonds. The van der Waals surface area contributed by atoms with Gasteiger partial charge in [-0.25, -0.2) is 0 Å². The van der Waals surface area contributed by atoms with Gasteiger partial charge in [-0.3, -0.25) is 0 Å². The van der Waals surface area contributed by atoms with Crippen LogP contribution in [-0.2, 0) is 0 Å². The fourth-order valence-corrected chi connectivity index (χ4v) is 6.65. The zero-order valence-corrected chi connectivity index (χ0v) is 16.6. The van der Waals surface area contributed by atoms with Crippen LogP contribution in [0.3, 0.4) is 0 Å². The van der Waals surface area contributed by atoms with Crippen molar-refractivity contribution < 1.29 is 0 Å². The molecule has 0 radical (unpaired) electrons. The SMILES string of the molecule is C=C1C2N1C1CC1(C)C(C=CCC1CC1)C1CC(CC2(C)C)C1=CC. The molecular weight excluding hydrogens is 302 g/mol. The fraction of sp³-hybridized carbons (Fsp3) is 0.750. The minimum Gasteiger partial charge on any atom is -0.361 e. The van der Waals surface area contributed by atoms with Crippen LogP contribution in [0.2, 0.25) is 0 Å². The second-order valence-electron chi connectivity index (χ2n) is 10.7. The maximum atomic E-state index is 4.45. The number of hydrogen-bond acceptors (Lipinski definition) is 1. The predicted molar refractivity (Wildman–Crippen MR) is 105 cm³/mol. The average Bonchev–Trinajstić information content (AvgIpc) is 3.39. The van der Waals surface area contributed by atoms with Gasteiger partial charge in [-0.2, -0.15) is 0 Å². The molecule has 3 heterocycles. The molecule has 3 saturated heterocycles. The molecule has 0 aromatic carbocycles. The molecule has 3 saturated carbocycles. The summed E-state index contributed by atoms with van der Waals surface area (Å²) in [6.07, 6.45) is 16.0. The molecule has 6 rings (SSSR count). The summed E-state index contributed by atoms with van der Waals surface area (Å²) in [7, 11) is 0. The van der Waals surface area contributed by atoms with Crippen molar-refractivity contribution in [3.05, 3.63) is 36.1 Å². The van der Waals surface area contributed by atoms with Crippen LogP contribution in [0.15, 0.2) is 36.1 Å². The molecule has 0 aromatic heterocycles. The first-order chi connectivity index (χ1) is 11.9. The molecule has 25 heavy (non-hydrogen) atoms. The van der Waals surface area contributed by atoms with Crippen molar-refractivity contribution in [1.29, 1.82) is 0 Å². The Bertz CT molecular complexity index is 664. The Morgan fingerprint density at radius 2 is 1.96 bits per heavy atom. The molecular formula is C24H35N. The van der Waals surface area contributed by atoms with Crippen LogP contribution in [0.4, 0.5) is 0 Å². The van der Waals surface area contributed by atoms with E-state index in [4.69, 9.17) is 0 Å². The molecule has 6 atom stereocenters. The van der Waals surface area contributed by atoms with E-state index in [9.17, 15) is 0 Å². The largest absolute Gasteiger partial charge is 0.361 e. The molecule has 1 nitrogen and oxygen atoms in total. The molecule has 0 aromatic rings. The first-order valence-electron chi connectivity index (χ1n) is 10.7. The number of allylic oxidation sites excluding steroid dienone is 4. The van der Waals surface area contributed by atoms with Gasteiger partial charge in [0.05, 0.1) is 6.04 Å². The summed E-state index contributed by atoms with van der Waals surface area (Å²) in [5.41, 5.74) is 4.05. The van der Waals surface area contributed by atoms with Crippen molar-refractivity contribution in [3.63, 3.8) is 0 Å². The van der Waals surface area contributed by atoms with Crippen LogP contribution in [0.5, 0.6) is 0 Å². The number of rotatable bonds is 3. The van der Waals surface area contributed by atoms with Gasteiger partial charge in [0, 0.05) is 11.7 Å². The molecule has 3 aliphatic carbocycles. The van der Waals surface area contributed by atoms with E-state index in [-0.39, 0.29) is 0 Å². The van der Waals surface area contributed by atoms with Gasteiger partial charge < -0.3 is 4.90 Å². The average molecular weight is 338 g/mol. The predicted octanol–water partition coefficient (Wildman–Crippen LogP) is 5.95. The van der Waals surface area contributed by atoms with E-state index in [0.29, 0.717) is 16.9 Å². The van der Waals surface area contributed by atoms with Crippen molar-refractivity contribution in [2.24, 2.45) is 34.5 Å². The monoisotopic (exact) mass is 337 g/mol. The zero-order valence-electron chi connectivity index (χ0n) is 16.6. The lowest BCUT2D eigenvalue weighted by Gasteiger charge is -2.48. The van der Waals surface area contributed by atoms with Gasteiger partial charge in [0.15, 0.2) is 0 Å². The van der Waals surface area contributed by atoms with E-state index in [1.54, 1.807) is 5.57 Å². The summed E-state index contributed by atoms with van der Waals surface area (Å²) < 4.78 is 0. The Labute approximate surface area is 154 Å². The van der Waals surface area contributed by atoms with Crippen LogP contribution in [-0.4, -0.2) is 17.0 Å². The van der Waals surface area contributed by atoms with Crippen molar-refractivity contribution >= 4 is 0 Å². The van der Waals surface area contributed by atoms with Gasteiger partial charge in [0.1, 0.15) is 0 Å². The third-order valence-corrected chi connectivity index (χ3v) is 8.42. The quantitative estimate of drug-likeness (QED) is 0.454. The fourth-order valence-electron chi connectivity index (χ4n) is 6.65. The smallest absolute Gasteiger partial charge is 0.0736 e. The Hall–Kier alpha value is -0.980. The topological polar surface area (TPSA) is 3.01 Å². The van der Waals surface area contributed by atoms with Gasteiger partial charge in [-0.1, -0.05) is 51.2 Å². The van der Waals surface area contributed by atoms with E-state index >= 15 is 0 Å². The highest BCUT2D eigenvalue weighted by atomic mass is 15.4. The lowest BCUT2D eigenvalue weighted by molar-refractivity contribution is 0.114. The lowest BCUT2D eigenvalue weighted by Crippen LogP contribution is -2.42. The Balaban J connectivity index is 1.47. The van der Waals surface area contributed by atoms with E-state index in [1.807, 2.05) is 0 Å². The maximum absolute atomic E-state index is 4.45. The van der Waals surface area contributed by atoms with Crippen molar-refractivity contribution in [2.45, 2.75) is 78.3 Å². The summed E-state index contributed by atoms with van der Waals surface area (Å²) in [5.74, 6) is 3.37. The molecule has 6 unspecified atom stereocenters. The van der Waals surface area contributed by atoms with E-state index in [0.717, 1.165) is 29.7 Å². The molecule has 6 fully saturated rings. The van der Waals surface area contributed by atoms with Crippen molar-refractivity contribution in [3.8, 4) is 0 Å². The highest BCUT2D eigenvalue weighted by molar-refractivity contribution is 5.38. The molecule has 1 heteroatoms. The molecule has 0 N–H and O–H groups in total. The summed E-state index contributed by atoms with van der Waals surface area (Å²) in [5, 5.41) is 0. The highest BCUT2D eigenvalue weighted by Gasteiger charge is 2.68. The van der Waals surface area contributed by atoms with Crippen LogP contribution in [0, 0.1) is 34.5 Å². The Kier molecular flexibility index (Phi) is 3.27. The summed E-state index contributed by atoms with van der Waals surface area (Å²) in [4.78, 5) is 2.71. The third-order valence-electron chi connectivity index (χ3n) is 8.42. The second-order valence-corrected chi connectivity index (χ2v) is 10.7. The lowest BCUT2D eigenvalue weighted by atomic mass is 9.57. The van der Waals surface area contributed by atoms with Crippen LogP contribution < -0.4 is 0 Å². The van der Waals surface area contributed by atoms with E-state index < -0.39 is 0 Å². The normalized spacial score (nSPS) is 48.8. The molecule has 0 spiro atoms. The first kappa shape index (κ1) is 16.2. The van der Waals surface area contributed by atoms with Crippen LogP contribution in [0.25, 0.3) is 0 Å². The maximum Gasteiger partial charge on any atom is 0.0736 e. The van der Waals surface area contributed by atoms with Crippen molar-refractivity contribution in [2.75, 3.05) is 0 Å². The summed E-state index contributed by atoms with van der Waals surface area (Å²) in [6.45, 7) is 14.3. The molecule has 3 aliphatic heterocycles. The first-order valence-corrected chi connectivity index (χ1v) is 10.7. The summed E-state index contributed by atoms with van der Waals surface area (Å²) >= 11 is 0. The molecule has 6 aliphatic rings. The standard InChI is InChI=1S/C24H35N/c1-6-18-17-12-19(18)20(9-7-8-16-10-11-16)24(5)14-21(24)25-15(2)22(25)23(3,4)13-17/h6-7,9,16-17,19-22H,2,8,10-14H2,1,3-5H3. The number of hydrogen-bond donors (Lipinski definition) is 0. The van der Waals surface area contributed by atoms with Crippen molar-refractivity contribution in [1.82, 2.24) is 4.90 Å². The highest BCUT2D eigenvalue weighted by Crippen LogP contribution is 2.69. The van der Waals surface area contributed by atoms with Crippen LogP contribution >= 0.6 is 0 Å². The zero-order chi connectivity index (χ0) is 17.6. The minimum atomic E-state index is 0.374. The minimum absolute atomic E-state index is 0.374. The van der Waals surface area contributed by atoms with Gasteiger partial charge in [0.25, 0.3) is 0 Å². The third kappa shape index (κ3) is 2.33. The van der Waals surface area contributed by atoms with E-state index in [2.05, 4.69) is 57.4 Å². The van der Waals surface area contributed by atoms with Gasteiger partial charge in [-0.05, 0) is 80.0 Å². The van der Waals surface area contributed by atoms with Gasteiger partial charge >= 0.3 is 0 Å². The summed E-state index contributed by atoms with van der Waals surface area (Å²) in [6, 6.07) is 1.38. The molecule has 2 bridgehead atoms. The van der Waals surface area contributed by atoms with Crippen LogP contribution in [0.1, 0.15) is 66.2 Å². The van der Waals surface area contributed by atoms with E-state index in [1.165, 1.54) is 44.2 Å². The Morgan fingerprint density at radius 3 is 2.64 bits per heavy atom. The molecule has 136 valence electrons.